The monoisotopic (exact) mass is 288 g/mol. The first-order valence-corrected chi connectivity index (χ1v) is 7.58. The summed E-state index contributed by atoms with van der Waals surface area (Å²) in [5, 5.41) is 4.50. The second-order valence-corrected chi connectivity index (χ2v) is 8.90. The summed E-state index contributed by atoms with van der Waals surface area (Å²) in [6.07, 6.45) is 1.65. The van der Waals surface area contributed by atoms with Crippen LogP contribution in [0.25, 0.3) is 5.52 Å². The minimum Gasteiger partial charge on any atom is -0.237 e. The maximum Gasteiger partial charge on any atom is 0.136 e. The predicted molar refractivity (Wildman–Crippen MR) is 86.9 cm³/mol. The van der Waals surface area contributed by atoms with E-state index in [-0.39, 0.29) is 16.2 Å². The number of nitrogens with zero attached hydrogens (tertiary/aromatic N) is 4. The molecule has 2 aromatic rings. The minimum absolute atomic E-state index is 0.0422. The molecule has 0 radical (unpaired) electrons. The third-order valence-corrected chi connectivity index (χ3v) is 3.52. The van der Waals surface area contributed by atoms with Crippen molar-refractivity contribution < 1.29 is 0 Å². The summed E-state index contributed by atoms with van der Waals surface area (Å²) in [5.74, 6) is 0.996. The molecule has 2 aromatic heterocycles. The van der Waals surface area contributed by atoms with Crippen LogP contribution in [0.4, 0.5) is 0 Å². The zero-order valence-electron chi connectivity index (χ0n) is 14.9. The van der Waals surface area contributed by atoms with Gasteiger partial charge in [-0.15, -0.1) is 0 Å². The number of hydrogen-bond acceptors (Lipinski definition) is 3. The Bertz CT molecular complexity index is 661. The summed E-state index contributed by atoms with van der Waals surface area (Å²) in [7, 11) is 0. The van der Waals surface area contributed by atoms with Crippen LogP contribution in [0.5, 0.6) is 0 Å². The Morgan fingerprint density at radius 2 is 1.29 bits per heavy atom. The Morgan fingerprint density at radius 1 is 0.762 bits per heavy atom. The highest BCUT2D eigenvalue weighted by molar-refractivity contribution is 5.61. The molecule has 0 aromatic carbocycles. The van der Waals surface area contributed by atoms with Gasteiger partial charge < -0.3 is 0 Å². The molecule has 0 bridgehead atoms. The van der Waals surface area contributed by atoms with E-state index in [9.17, 15) is 0 Å². The molecule has 2 rings (SSSR count). The lowest BCUT2D eigenvalue weighted by Gasteiger charge is -2.22. The maximum atomic E-state index is 4.97. The van der Waals surface area contributed by atoms with Crippen LogP contribution in [0.15, 0.2) is 6.33 Å². The molecule has 21 heavy (non-hydrogen) atoms. The zero-order chi connectivity index (χ0) is 16.2. The summed E-state index contributed by atoms with van der Waals surface area (Å²) >= 11 is 0. The van der Waals surface area contributed by atoms with Gasteiger partial charge in [0.25, 0.3) is 0 Å². The van der Waals surface area contributed by atoms with Crippen LogP contribution < -0.4 is 0 Å². The first kappa shape index (κ1) is 15.9. The fourth-order valence-electron chi connectivity index (χ4n) is 2.49. The van der Waals surface area contributed by atoms with Crippen molar-refractivity contribution in [3.05, 3.63) is 23.5 Å². The summed E-state index contributed by atoms with van der Waals surface area (Å²) in [4.78, 5) is 9.54. The van der Waals surface area contributed by atoms with E-state index in [1.807, 2.05) is 4.52 Å². The van der Waals surface area contributed by atoms with Crippen LogP contribution >= 0.6 is 0 Å². The van der Waals surface area contributed by atoms with E-state index < -0.39 is 0 Å². The van der Waals surface area contributed by atoms with Gasteiger partial charge in [-0.2, -0.15) is 5.10 Å². The third-order valence-electron chi connectivity index (χ3n) is 3.52. The normalized spacial score (nSPS) is 14.0. The Morgan fingerprint density at radius 3 is 1.71 bits per heavy atom. The molecule has 2 heterocycles. The van der Waals surface area contributed by atoms with Gasteiger partial charge in [0.05, 0.1) is 11.4 Å². The van der Waals surface area contributed by atoms with E-state index in [0.29, 0.717) is 0 Å². The van der Waals surface area contributed by atoms with Crippen LogP contribution in [0.3, 0.4) is 0 Å². The van der Waals surface area contributed by atoms with Crippen LogP contribution in [0, 0.1) is 0 Å². The zero-order valence-corrected chi connectivity index (χ0v) is 14.9. The summed E-state index contributed by atoms with van der Waals surface area (Å²) in [6, 6.07) is 0. The molecule has 0 fully saturated rings. The molecule has 4 heteroatoms. The number of hydrogen-bond donors (Lipinski definition) is 0. The average Bonchev–Trinajstić information content (AvgIpc) is 2.65. The highest BCUT2D eigenvalue weighted by atomic mass is 15.3. The van der Waals surface area contributed by atoms with Crippen molar-refractivity contribution in [2.45, 2.75) is 78.6 Å². The van der Waals surface area contributed by atoms with Gasteiger partial charge in [-0.25, -0.2) is 14.5 Å². The molecule has 0 atom stereocenters. The molecule has 0 aliphatic rings. The number of fused-ring (bicyclic) bond motifs is 1. The molecule has 116 valence electrons. The van der Waals surface area contributed by atoms with Gasteiger partial charge in [-0.05, 0) is 0 Å². The molecule has 0 spiro atoms. The van der Waals surface area contributed by atoms with E-state index >= 15 is 0 Å². The molecule has 0 amide bonds. The second kappa shape index (κ2) is 4.52. The van der Waals surface area contributed by atoms with Crippen molar-refractivity contribution in [1.29, 1.82) is 0 Å². The quantitative estimate of drug-likeness (QED) is 0.735. The number of imidazole rings is 1. The van der Waals surface area contributed by atoms with E-state index in [1.54, 1.807) is 6.33 Å². The van der Waals surface area contributed by atoms with E-state index in [1.165, 1.54) is 0 Å². The number of aromatic nitrogens is 4. The largest absolute Gasteiger partial charge is 0.237 e. The van der Waals surface area contributed by atoms with Crippen molar-refractivity contribution in [2.24, 2.45) is 0 Å². The lowest BCUT2D eigenvalue weighted by atomic mass is 9.86. The molecule has 0 saturated heterocycles. The predicted octanol–water partition coefficient (Wildman–Crippen LogP) is 4.02. The van der Waals surface area contributed by atoms with Crippen molar-refractivity contribution in [3.8, 4) is 0 Å². The van der Waals surface area contributed by atoms with E-state index in [0.717, 1.165) is 22.7 Å². The molecule has 0 N–H and O–H groups in total. The van der Waals surface area contributed by atoms with Crippen LogP contribution in [-0.2, 0) is 16.2 Å². The molecule has 0 aliphatic heterocycles. The summed E-state index contributed by atoms with van der Waals surface area (Å²) in [5.41, 5.74) is 3.07. The third kappa shape index (κ3) is 2.81. The van der Waals surface area contributed by atoms with E-state index in [4.69, 9.17) is 4.98 Å². The van der Waals surface area contributed by atoms with Crippen molar-refractivity contribution in [3.63, 3.8) is 0 Å². The van der Waals surface area contributed by atoms with Gasteiger partial charge in [0.1, 0.15) is 17.7 Å². The van der Waals surface area contributed by atoms with Crippen LogP contribution in [0.1, 0.15) is 79.5 Å². The minimum atomic E-state index is -0.0596. The standard InChI is InChI=1S/C17H28N4/c1-15(2,3)12-11-13(16(4,5)6)20-14(17(7,8)9)21(11)19-10-18-12/h10H,1-9H3. The first-order chi connectivity index (χ1) is 9.33. The Balaban J connectivity index is 2.97. The molecule has 0 aliphatic carbocycles. The van der Waals surface area contributed by atoms with Crippen LogP contribution in [0.2, 0.25) is 0 Å². The SMILES string of the molecule is CC(C)(C)c1ncnn2c(C(C)(C)C)nc(C(C)(C)C)c12. The highest BCUT2D eigenvalue weighted by Gasteiger charge is 2.32. The second-order valence-electron chi connectivity index (χ2n) is 8.90. The lowest BCUT2D eigenvalue weighted by Crippen LogP contribution is -2.20. The fraction of sp³-hybridized carbons (Fsp3) is 0.706. The molecule has 0 unspecified atom stereocenters. The summed E-state index contributed by atoms with van der Waals surface area (Å²) in [6.45, 7) is 19.7. The first-order valence-electron chi connectivity index (χ1n) is 7.58. The smallest absolute Gasteiger partial charge is 0.136 e. The maximum absolute atomic E-state index is 4.97. The fourth-order valence-corrected chi connectivity index (χ4v) is 2.49. The van der Waals surface area contributed by atoms with Gasteiger partial charge >= 0.3 is 0 Å². The number of rotatable bonds is 0. The van der Waals surface area contributed by atoms with E-state index in [2.05, 4.69) is 72.4 Å². The van der Waals surface area contributed by atoms with Crippen molar-refractivity contribution in [1.82, 2.24) is 19.6 Å². The van der Waals surface area contributed by atoms with Gasteiger partial charge in [0.2, 0.25) is 0 Å². The Hall–Kier alpha value is -1.45. The topological polar surface area (TPSA) is 43.1 Å². The van der Waals surface area contributed by atoms with Gasteiger partial charge in [-0.1, -0.05) is 62.3 Å². The van der Waals surface area contributed by atoms with Gasteiger partial charge in [0.15, 0.2) is 0 Å². The van der Waals surface area contributed by atoms with Crippen LogP contribution in [-0.4, -0.2) is 19.6 Å². The molecular formula is C17H28N4. The average molecular weight is 288 g/mol. The highest BCUT2D eigenvalue weighted by Crippen LogP contribution is 2.35. The van der Waals surface area contributed by atoms with Crippen molar-refractivity contribution in [2.75, 3.05) is 0 Å². The Labute approximate surface area is 128 Å². The lowest BCUT2D eigenvalue weighted by molar-refractivity contribution is 0.517. The van der Waals surface area contributed by atoms with Gasteiger partial charge in [-0.3, -0.25) is 0 Å². The molecule has 4 nitrogen and oxygen atoms in total. The van der Waals surface area contributed by atoms with Crippen molar-refractivity contribution >= 4 is 5.52 Å². The molecular weight excluding hydrogens is 260 g/mol. The summed E-state index contributed by atoms with van der Waals surface area (Å²) < 4.78 is 1.99. The molecule has 0 saturated carbocycles. The Kier molecular flexibility index (Phi) is 3.43. The van der Waals surface area contributed by atoms with Gasteiger partial charge in [0, 0.05) is 16.2 Å².